The number of anilines is 1. The molecule has 0 unspecified atom stereocenters. The lowest BCUT2D eigenvalue weighted by molar-refractivity contribution is -0.139. The Hall–Kier alpha value is -3.15. The molecule has 0 atom stereocenters. The highest BCUT2D eigenvalue weighted by Crippen LogP contribution is 2.26. The van der Waals surface area contributed by atoms with Crippen LogP contribution in [0, 0.1) is 0 Å². The predicted molar refractivity (Wildman–Crippen MR) is 136 cm³/mol. The summed E-state index contributed by atoms with van der Waals surface area (Å²) in [6.07, 6.45) is 6.37. The fourth-order valence-electron chi connectivity index (χ4n) is 4.65. The van der Waals surface area contributed by atoms with Crippen LogP contribution >= 0.6 is 0 Å². The normalized spacial score (nSPS) is 18.9. The minimum absolute atomic E-state index is 0.0362. The SMILES string of the molecule is Cn1nc(N2CCC(OC(=O)N3CCN(C4CCC4)CC3)CC2)ccc1=O.O=C(O)CCCCC(=O)O. The minimum Gasteiger partial charge on any atom is -0.481 e. The van der Waals surface area contributed by atoms with Crippen molar-refractivity contribution in [3.05, 3.63) is 22.5 Å². The van der Waals surface area contributed by atoms with Crippen LogP contribution in [0.1, 0.15) is 57.8 Å². The summed E-state index contributed by atoms with van der Waals surface area (Å²) in [5.41, 5.74) is -0.111. The molecule has 12 nitrogen and oxygen atoms in total. The number of aryl methyl sites for hydroxylation is 1. The third-order valence-corrected chi connectivity index (χ3v) is 7.17. The second-order valence-corrected chi connectivity index (χ2v) is 9.83. The quantitative estimate of drug-likeness (QED) is 0.485. The molecule has 1 saturated carbocycles. The van der Waals surface area contributed by atoms with Crippen LogP contribution in [0.4, 0.5) is 10.6 Å². The van der Waals surface area contributed by atoms with Crippen molar-refractivity contribution >= 4 is 23.8 Å². The average Bonchev–Trinajstić information content (AvgIpc) is 2.84. The van der Waals surface area contributed by atoms with Crippen LogP contribution in [0.5, 0.6) is 0 Å². The molecule has 0 spiro atoms. The summed E-state index contributed by atoms with van der Waals surface area (Å²) in [5.74, 6) is -0.940. The number of piperidine rings is 1. The van der Waals surface area contributed by atoms with E-state index in [1.807, 2.05) is 4.90 Å². The number of carboxylic acid groups (broad SMARTS) is 2. The van der Waals surface area contributed by atoms with Crippen molar-refractivity contribution in [3.63, 3.8) is 0 Å². The Kier molecular flexibility index (Phi) is 10.7. The first-order valence-electron chi connectivity index (χ1n) is 13.2. The van der Waals surface area contributed by atoms with E-state index in [9.17, 15) is 19.2 Å². The Labute approximate surface area is 216 Å². The Morgan fingerprint density at radius 1 is 0.919 bits per heavy atom. The van der Waals surface area contributed by atoms with Crippen molar-refractivity contribution in [1.29, 1.82) is 0 Å². The van der Waals surface area contributed by atoms with Crippen molar-refractivity contribution in [2.45, 2.75) is 69.9 Å². The molecule has 1 amide bonds. The van der Waals surface area contributed by atoms with Crippen molar-refractivity contribution in [2.75, 3.05) is 44.2 Å². The van der Waals surface area contributed by atoms with Gasteiger partial charge in [0.15, 0.2) is 0 Å². The average molecular weight is 522 g/mol. The van der Waals surface area contributed by atoms with Crippen LogP contribution < -0.4 is 10.5 Å². The van der Waals surface area contributed by atoms with Crippen LogP contribution in [0.3, 0.4) is 0 Å². The molecule has 206 valence electrons. The van der Waals surface area contributed by atoms with Gasteiger partial charge in [-0.1, -0.05) is 6.42 Å². The van der Waals surface area contributed by atoms with E-state index in [-0.39, 0.29) is 30.6 Å². The number of aromatic nitrogens is 2. The van der Waals surface area contributed by atoms with E-state index >= 15 is 0 Å². The molecule has 3 fully saturated rings. The lowest BCUT2D eigenvalue weighted by Gasteiger charge is -2.43. The molecular formula is C25H39N5O7. The summed E-state index contributed by atoms with van der Waals surface area (Å²) in [6.45, 7) is 5.04. The molecule has 2 N–H and O–H groups in total. The molecule has 3 heterocycles. The fraction of sp³-hybridized carbons (Fsp3) is 0.720. The van der Waals surface area contributed by atoms with E-state index < -0.39 is 11.9 Å². The highest BCUT2D eigenvalue weighted by molar-refractivity contribution is 5.68. The first kappa shape index (κ1) is 28.4. The molecule has 12 heteroatoms. The van der Waals surface area contributed by atoms with Gasteiger partial charge in [-0.05, 0) is 31.7 Å². The van der Waals surface area contributed by atoms with E-state index in [0.29, 0.717) is 12.8 Å². The minimum atomic E-state index is -0.870. The summed E-state index contributed by atoms with van der Waals surface area (Å²) >= 11 is 0. The maximum absolute atomic E-state index is 12.5. The number of hydrogen-bond acceptors (Lipinski definition) is 8. The third kappa shape index (κ3) is 9.03. The number of ether oxygens (including phenoxy) is 1. The molecule has 0 radical (unpaired) electrons. The Balaban J connectivity index is 0.000000325. The summed E-state index contributed by atoms with van der Waals surface area (Å²) in [5, 5.41) is 20.6. The molecule has 2 aliphatic heterocycles. The van der Waals surface area contributed by atoms with E-state index in [1.54, 1.807) is 13.1 Å². The number of carbonyl (C=O) groups excluding carboxylic acids is 1. The van der Waals surface area contributed by atoms with Gasteiger partial charge in [-0.2, -0.15) is 5.10 Å². The number of carboxylic acids is 2. The largest absolute Gasteiger partial charge is 0.481 e. The van der Waals surface area contributed by atoms with Crippen LogP contribution in [-0.2, 0) is 21.4 Å². The number of nitrogens with zero attached hydrogens (tertiary/aromatic N) is 5. The van der Waals surface area contributed by atoms with Gasteiger partial charge in [0.25, 0.3) is 5.56 Å². The highest BCUT2D eigenvalue weighted by Gasteiger charge is 2.31. The van der Waals surface area contributed by atoms with Gasteiger partial charge < -0.3 is 24.7 Å². The lowest BCUT2D eigenvalue weighted by Crippen LogP contribution is -2.54. The third-order valence-electron chi connectivity index (χ3n) is 7.17. The molecule has 1 aliphatic carbocycles. The van der Waals surface area contributed by atoms with Gasteiger partial charge in [0.2, 0.25) is 0 Å². The van der Waals surface area contributed by atoms with E-state index in [4.69, 9.17) is 14.9 Å². The lowest BCUT2D eigenvalue weighted by atomic mass is 9.91. The van der Waals surface area contributed by atoms with Crippen LogP contribution in [0.2, 0.25) is 0 Å². The second-order valence-electron chi connectivity index (χ2n) is 9.83. The molecule has 1 aromatic heterocycles. The van der Waals surface area contributed by atoms with E-state index in [0.717, 1.165) is 64.0 Å². The van der Waals surface area contributed by atoms with Crippen molar-refractivity contribution < 1.29 is 29.3 Å². The monoisotopic (exact) mass is 521 g/mol. The van der Waals surface area contributed by atoms with Gasteiger partial charge in [0.05, 0.1) is 0 Å². The zero-order chi connectivity index (χ0) is 26.8. The Morgan fingerprint density at radius 2 is 1.51 bits per heavy atom. The van der Waals surface area contributed by atoms with Gasteiger partial charge in [0, 0.05) is 84.1 Å². The highest BCUT2D eigenvalue weighted by atomic mass is 16.6. The maximum Gasteiger partial charge on any atom is 0.410 e. The smallest absolute Gasteiger partial charge is 0.410 e. The fourth-order valence-corrected chi connectivity index (χ4v) is 4.65. The molecular weight excluding hydrogens is 482 g/mol. The maximum atomic E-state index is 12.5. The summed E-state index contributed by atoms with van der Waals surface area (Å²) in [4.78, 5) is 50.3. The molecule has 0 bridgehead atoms. The van der Waals surface area contributed by atoms with Crippen molar-refractivity contribution in [3.8, 4) is 0 Å². The van der Waals surface area contributed by atoms with Gasteiger partial charge >= 0.3 is 18.0 Å². The molecule has 2 saturated heterocycles. The number of piperazine rings is 1. The number of rotatable bonds is 8. The van der Waals surface area contributed by atoms with Crippen molar-refractivity contribution in [2.24, 2.45) is 7.05 Å². The van der Waals surface area contributed by atoms with E-state index in [2.05, 4.69) is 14.9 Å². The number of aliphatic carboxylic acids is 2. The number of amides is 1. The van der Waals surface area contributed by atoms with Crippen molar-refractivity contribution in [1.82, 2.24) is 19.6 Å². The Bertz CT molecular complexity index is 948. The molecule has 0 aromatic carbocycles. The topological polar surface area (TPSA) is 146 Å². The summed E-state index contributed by atoms with van der Waals surface area (Å²) in [7, 11) is 1.66. The standard InChI is InChI=1S/C19H29N5O3.C6H10O4/c1-21-18(25)6-5-17(20-21)23-9-7-16(8-10-23)27-19(26)24-13-11-22(12-14-24)15-3-2-4-15;7-5(8)3-1-2-4-6(9)10/h5-6,15-16H,2-4,7-14H2,1H3;1-4H2,(H,7,8)(H,9,10). The second kappa shape index (κ2) is 14.0. The summed E-state index contributed by atoms with van der Waals surface area (Å²) < 4.78 is 7.11. The zero-order valence-corrected chi connectivity index (χ0v) is 21.6. The summed E-state index contributed by atoms with van der Waals surface area (Å²) in [6, 6.07) is 4.05. The van der Waals surface area contributed by atoms with Gasteiger partial charge in [-0.25, -0.2) is 9.48 Å². The Morgan fingerprint density at radius 3 is 2.00 bits per heavy atom. The molecule has 37 heavy (non-hydrogen) atoms. The number of unbranched alkanes of at least 4 members (excludes halogenated alkanes) is 1. The zero-order valence-electron chi connectivity index (χ0n) is 21.6. The van der Waals surface area contributed by atoms with Crippen LogP contribution in [0.25, 0.3) is 0 Å². The van der Waals surface area contributed by atoms with Gasteiger partial charge in [0.1, 0.15) is 11.9 Å². The first-order chi connectivity index (χ1) is 17.7. The molecule has 4 rings (SSSR count). The van der Waals surface area contributed by atoms with Gasteiger partial charge in [-0.15, -0.1) is 0 Å². The first-order valence-corrected chi connectivity index (χ1v) is 13.2. The van der Waals surface area contributed by atoms with Gasteiger partial charge in [-0.3, -0.25) is 19.3 Å². The number of carbonyl (C=O) groups is 3. The van der Waals surface area contributed by atoms with Crippen LogP contribution in [-0.4, -0.2) is 99.2 Å². The predicted octanol–water partition coefficient (Wildman–Crippen LogP) is 1.77. The molecule has 1 aromatic rings. The van der Waals surface area contributed by atoms with E-state index in [1.165, 1.54) is 30.0 Å². The van der Waals surface area contributed by atoms with Crippen LogP contribution in [0.15, 0.2) is 16.9 Å². The number of hydrogen-bond donors (Lipinski definition) is 2. The molecule has 3 aliphatic rings.